The van der Waals surface area contributed by atoms with Gasteiger partial charge in [0.05, 0.1) is 0 Å². The second-order valence-electron chi connectivity index (χ2n) is 4.97. The van der Waals surface area contributed by atoms with Crippen LogP contribution in [0.5, 0.6) is 0 Å². The highest BCUT2D eigenvalue weighted by molar-refractivity contribution is 6.48. The van der Waals surface area contributed by atoms with E-state index in [0.717, 1.165) is 12.8 Å². The normalized spacial score (nSPS) is 14.1. The minimum absolute atomic E-state index is 0.418. The van der Waals surface area contributed by atoms with Crippen molar-refractivity contribution in [1.29, 1.82) is 0 Å². The smallest absolute Gasteiger partial charge is 0.101 e. The van der Waals surface area contributed by atoms with Gasteiger partial charge in [-0.05, 0) is 18.8 Å². The third-order valence-electron chi connectivity index (χ3n) is 3.29. The van der Waals surface area contributed by atoms with Crippen molar-refractivity contribution in [1.82, 2.24) is 0 Å². The van der Waals surface area contributed by atoms with Crippen molar-refractivity contribution in [3.63, 3.8) is 0 Å². The Balaban J connectivity index is 3.52. The maximum Gasteiger partial charge on any atom is 0.120 e. The molecule has 0 aliphatic heterocycles. The summed E-state index contributed by atoms with van der Waals surface area (Å²) in [7, 11) is 0. The molecular formula is C14H28Cl2. The van der Waals surface area contributed by atoms with Crippen molar-refractivity contribution in [2.45, 2.75) is 82.9 Å². The van der Waals surface area contributed by atoms with Crippen molar-refractivity contribution in [2.75, 3.05) is 0 Å². The van der Waals surface area contributed by atoms with Gasteiger partial charge in [0, 0.05) is 0 Å². The average Bonchev–Trinajstić information content (AvgIpc) is 2.22. The molecule has 0 fully saturated rings. The van der Waals surface area contributed by atoms with Crippen LogP contribution in [0.2, 0.25) is 0 Å². The molecule has 0 rings (SSSR count). The zero-order valence-corrected chi connectivity index (χ0v) is 12.7. The van der Waals surface area contributed by atoms with Gasteiger partial charge < -0.3 is 0 Å². The van der Waals surface area contributed by atoms with Crippen LogP contribution in [-0.2, 0) is 0 Å². The van der Waals surface area contributed by atoms with E-state index < -0.39 is 4.33 Å². The van der Waals surface area contributed by atoms with Gasteiger partial charge in [-0.15, -0.1) is 23.2 Å². The summed E-state index contributed by atoms with van der Waals surface area (Å²) in [5, 5.41) is 0. The lowest BCUT2D eigenvalue weighted by atomic mass is 9.96. The molecule has 1 atom stereocenters. The predicted molar refractivity (Wildman–Crippen MR) is 76.5 cm³/mol. The molecule has 2 heteroatoms. The highest BCUT2D eigenvalue weighted by Crippen LogP contribution is 2.37. The fraction of sp³-hybridized carbons (Fsp3) is 1.00. The van der Waals surface area contributed by atoms with E-state index in [0.29, 0.717) is 5.92 Å². The fourth-order valence-electron chi connectivity index (χ4n) is 2.02. The number of unbranched alkanes of at least 4 members (excludes halogenated alkanes) is 5. The van der Waals surface area contributed by atoms with Gasteiger partial charge in [0.15, 0.2) is 0 Å². The average molecular weight is 267 g/mol. The van der Waals surface area contributed by atoms with Crippen LogP contribution in [-0.4, -0.2) is 4.33 Å². The molecule has 0 aliphatic carbocycles. The van der Waals surface area contributed by atoms with Crippen LogP contribution in [0.1, 0.15) is 78.6 Å². The van der Waals surface area contributed by atoms with Crippen LogP contribution in [0, 0.1) is 5.92 Å². The number of hydrogen-bond donors (Lipinski definition) is 0. The summed E-state index contributed by atoms with van der Waals surface area (Å²) in [5.74, 6) is 0.418. The Morgan fingerprint density at radius 1 is 0.875 bits per heavy atom. The number of hydrogen-bond acceptors (Lipinski definition) is 0. The monoisotopic (exact) mass is 266 g/mol. The van der Waals surface area contributed by atoms with Crippen LogP contribution in [0.25, 0.3) is 0 Å². The second kappa shape index (κ2) is 9.59. The second-order valence-corrected chi connectivity index (χ2v) is 6.51. The zero-order chi connectivity index (χ0) is 12.4. The summed E-state index contributed by atoms with van der Waals surface area (Å²) in [6.07, 6.45) is 11.2. The minimum atomic E-state index is -0.502. The van der Waals surface area contributed by atoms with Gasteiger partial charge in [0.25, 0.3) is 0 Å². The summed E-state index contributed by atoms with van der Waals surface area (Å²) < 4.78 is -0.502. The molecule has 0 saturated carbocycles. The standard InChI is InChI=1S/C14H28Cl2/c1-4-6-7-8-9-10-11-13(3)14(15,16)12-5-2/h13H,4-12H2,1-3H3. The van der Waals surface area contributed by atoms with Crippen LogP contribution < -0.4 is 0 Å². The molecule has 0 radical (unpaired) electrons. The van der Waals surface area contributed by atoms with Gasteiger partial charge in [-0.25, -0.2) is 0 Å². The summed E-state index contributed by atoms with van der Waals surface area (Å²) in [6, 6.07) is 0. The molecule has 16 heavy (non-hydrogen) atoms. The first kappa shape index (κ1) is 16.6. The molecule has 0 spiro atoms. The summed E-state index contributed by atoms with van der Waals surface area (Å²) in [4.78, 5) is 0. The van der Waals surface area contributed by atoms with Gasteiger partial charge in [-0.1, -0.05) is 65.7 Å². The lowest BCUT2D eigenvalue weighted by Gasteiger charge is -2.26. The third kappa shape index (κ3) is 7.79. The van der Waals surface area contributed by atoms with Crippen molar-refractivity contribution in [3.8, 4) is 0 Å². The Bertz CT molecular complexity index is 155. The van der Waals surface area contributed by atoms with E-state index in [1.807, 2.05) is 0 Å². The molecule has 0 aromatic carbocycles. The van der Waals surface area contributed by atoms with Gasteiger partial charge >= 0.3 is 0 Å². The third-order valence-corrected chi connectivity index (χ3v) is 4.42. The lowest BCUT2D eigenvalue weighted by molar-refractivity contribution is 0.418. The number of halogens is 2. The van der Waals surface area contributed by atoms with E-state index in [1.54, 1.807) is 0 Å². The van der Waals surface area contributed by atoms with Gasteiger partial charge in [-0.2, -0.15) is 0 Å². The SMILES string of the molecule is CCCCCCCCC(C)C(Cl)(Cl)CCC. The Morgan fingerprint density at radius 3 is 2.00 bits per heavy atom. The molecule has 0 aromatic rings. The maximum atomic E-state index is 6.31. The van der Waals surface area contributed by atoms with Crippen molar-refractivity contribution in [3.05, 3.63) is 0 Å². The largest absolute Gasteiger partial charge is 0.120 e. The first-order chi connectivity index (χ1) is 7.54. The van der Waals surface area contributed by atoms with E-state index in [1.165, 1.54) is 44.9 Å². The molecule has 0 aromatic heterocycles. The Hall–Kier alpha value is 0.580. The lowest BCUT2D eigenvalue weighted by Crippen LogP contribution is -2.22. The molecular weight excluding hydrogens is 239 g/mol. The van der Waals surface area contributed by atoms with E-state index in [4.69, 9.17) is 23.2 Å². The van der Waals surface area contributed by atoms with Crippen LogP contribution in [0.15, 0.2) is 0 Å². The Morgan fingerprint density at radius 2 is 1.44 bits per heavy atom. The van der Waals surface area contributed by atoms with Crippen LogP contribution in [0.3, 0.4) is 0 Å². The fourth-order valence-corrected chi connectivity index (χ4v) is 2.62. The Labute approximate surface area is 112 Å². The number of alkyl halides is 2. The molecule has 0 aliphatic rings. The highest BCUT2D eigenvalue weighted by Gasteiger charge is 2.29. The zero-order valence-electron chi connectivity index (χ0n) is 11.2. The molecule has 0 nitrogen and oxygen atoms in total. The quantitative estimate of drug-likeness (QED) is 0.319. The molecule has 1 unspecified atom stereocenters. The van der Waals surface area contributed by atoms with E-state index in [9.17, 15) is 0 Å². The molecule has 0 N–H and O–H groups in total. The predicted octanol–water partition coefficient (Wildman–Crippen LogP) is 6.35. The first-order valence-electron chi connectivity index (χ1n) is 6.92. The summed E-state index contributed by atoms with van der Waals surface area (Å²) in [6.45, 7) is 6.57. The Kier molecular flexibility index (Phi) is 9.94. The molecule has 0 amide bonds. The summed E-state index contributed by atoms with van der Waals surface area (Å²) >= 11 is 12.6. The molecule has 0 saturated heterocycles. The molecule has 0 heterocycles. The van der Waals surface area contributed by atoms with E-state index in [2.05, 4.69) is 20.8 Å². The maximum absolute atomic E-state index is 6.31. The van der Waals surface area contributed by atoms with Gasteiger partial charge in [-0.3, -0.25) is 0 Å². The van der Waals surface area contributed by atoms with E-state index >= 15 is 0 Å². The van der Waals surface area contributed by atoms with Crippen LogP contribution >= 0.6 is 23.2 Å². The number of rotatable bonds is 10. The van der Waals surface area contributed by atoms with E-state index in [-0.39, 0.29) is 0 Å². The molecule has 98 valence electrons. The molecule has 0 bridgehead atoms. The first-order valence-corrected chi connectivity index (χ1v) is 7.68. The topological polar surface area (TPSA) is 0 Å². The van der Waals surface area contributed by atoms with Crippen molar-refractivity contribution >= 4 is 23.2 Å². The minimum Gasteiger partial charge on any atom is -0.101 e. The van der Waals surface area contributed by atoms with Gasteiger partial charge in [0.2, 0.25) is 0 Å². The highest BCUT2D eigenvalue weighted by atomic mass is 35.5. The van der Waals surface area contributed by atoms with Crippen LogP contribution in [0.4, 0.5) is 0 Å². The van der Waals surface area contributed by atoms with Crippen molar-refractivity contribution in [2.24, 2.45) is 5.92 Å². The van der Waals surface area contributed by atoms with Gasteiger partial charge in [0.1, 0.15) is 4.33 Å². The summed E-state index contributed by atoms with van der Waals surface area (Å²) in [5.41, 5.74) is 0. The van der Waals surface area contributed by atoms with Crippen molar-refractivity contribution < 1.29 is 0 Å².